The van der Waals surface area contributed by atoms with E-state index in [1.807, 2.05) is 6.92 Å². The van der Waals surface area contributed by atoms with Crippen molar-refractivity contribution in [1.82, 2.24) is 10.6 Å². The van der Waals surface area contributed by atoms with E-state index in [2.05, 4.69) is 16.0 Å². The number of amides is 3. The fourth-order valence-corrected chi connectivity index (χ4v) is 2.62. The van der Waals surface area contributed by atoms with Gasteiger partial charge >= 0.3 is 6.03 Å². The first-order valence-corrected chi connectivity index (χ1v) is 7.67. The number of aryl methyl sites for hydroxylation is 1. The second-order valence-corrected chi connectivity index (χ2v) is 5.59. The van der Waals surface area contributed by atoms with Gasteiger partial charge in [0.05, 0.1) is 6.61 Å². The minimum atomic E-state index is -0.375. The molecule has 0 aliphatic heterocycles. The van der Waals surface area contributed by atoms with Crippen LogP contribution in [-0.2, 0) is 0 Å². The molecule has 6 nitrogen and oxygen atoms in total. The molecule has 6 heteroatoms. The summed E-state index contributed by atoms with van der Waals surface area (Å²) in [4.78, 5) is 23.7. The van der Waals surface area contributed by atoms with Crippen molar-refractivity contribution in [2.24, 2.45) is 0 Å². The van der Waals surface area contributed by atoms with Crippen LogP contribution in [0.2, 0.25) is 0 Å². The van der Waals surface area contributed by atoms with E-state index in [9.17, 15) is 9.59 Å². The van der Waals surface area contributed by atoms with Crippen LogP contribution in [0.5, 0.6) is 0 Å². The summed E-state index contributed by atoms with van der Waals surface area (Å²) < 4.78 is 0. The maximum Gasteiger partial charge on any atom is 0.319 e. The van der Waals surface area contributed by atoms with Crippen LogP contribution in [-0.4, -0.2) is 36.2 Å². The summed E-state index contributed by atoms with van der Waals surface area (Å²) in [5.41, 5.74) is 2.07. The summed E-state index contributed by atoms with van der Waals surface area (Å²) in [5, 5.41) is 16.9. The van der Waals surface area contributed by atoms with Crippen molar-refractivity contribution in [3.63, 3.8) is 0 Å². The number of carbonyl (C=O) groups is 2. The molecule has 3 amide bonds. The largest absolute Gasteiger partial charge is 0.395 e. The number of hydrogen-bond acceptors (Lipinski definition) is 3. The van der Waals surface area contributed by atoms with Gasteiger partial charge in [-0.2, -0.15) is 0 Å². The van der Waals surface area contributed by atoms with E-state index in [-0.39, 0.29) is 31.1 Å². The van der Waals surface area contributed by atoms with Gasteiger partial charge < -0.3 is 21.1 Å². The van der Waals surface area contributed by atoms with E-state index in [1.54, 1.807) is 18.2 Å². The van der Waals surface area contributed by atoms with Crippen molar-refractivity contribution in [2.75, 3.05) is 18.5 Å². The Bertz CT molecular complexity index is 539. The molecule has 1 saturated carbocycles. The number of hydrogen-bond donors (Lipinski definition) is 4. The van der Waals surface area contributed by atoms with Gasteiger partial charge in [-0.25, -0.2) is 4.79 Å². The van der Waals surface area contributed by atoms with Gasteiger partial charge in [0.25, 0.3) is 5.91 Å². The molecule has 0 saturated heterocycles. The molecule has 0 atom stereocenters. The zero-order chi connectivity index (χ0) is 15.9. The molecule has 22 heavy (non-hydrogen) atoms. The molecule has 1 aliphatic carbocycles. The van der Waals surface area contributed by atoms with Gasteiger partial charge in [0.1, 0.15) is 0 Å². The van der Waals surface area contributed by atoms with Gasteiger partial charge in [-0.15, -0.1) is 0 Å². The molecule has 1 aromatic carbocycles. The normalized spacial score (nSPS) is 14.6. The zero-order valence-corrected chi connectivity index (χ0v) is 12.8. The monoisotopic (exact) mass is 305 g/mol. The zero-order valence-electron chi connectivity index (χ0n) is 12.8. The number of benzene rings is 1. The number of aliphatic hydroxyl groups excluding tert-OH is 1. The molecule has 0 spiro atoms. The highest BCUT2D eigenvalue weighted by Gasteiger charge is 2.18. The second kappa shape index (κ2) is 7.79. The van der Waals surface area contributed by atoms with Gasteiger partial charge in [-0.05, 0) is 43.5 Å². The van der Waals surface area contributed by atoms with Crippen LogP contribution in [0.25, 0.3) is 0 Å². The summed E-state index contributed by atoms with van der Waals surface area (Å²) >= 11 is 0. The molecule has 2 rings (SSSR count). The number of aliphatic hydroxyl groups is 1. The lowest BCUT2D eigenvalue weighted by molar-refractivity contribution is 0.0938. The Morgan fingerprint density at radius 2 is 2.00 bits per heavy atom. The molecule has 0 heterocycles. The molecule has 120 valence electrons. The third kappa shape index (κ3) is 4.46. The average Bonchev–Trinajstić information content (AvgIpc) is 3.00. The summed E-state index contributed by atoms with van der Waals surface area (Å²) in [6.07, 6.45) is 4.45. The van der Waals surface area contributed by atoms with Gasteiger partial charge in [-0.1, -0.05) is 12.8 Å². The van der Waals surface area contributed by atoms with Crippen LogP contribution in [0.1, 0.15) is 41.6 Å². The molecule has 0 bridgehead atoms. The number of carbonyl (C=O) groups excluding carboxylic acids is 2. The molecule has 1 aliphatic rings. The maximum absolute atomic E-state index is 12.2. The Morgan fingerprint density at radius 3 is 2.64 bits per heavy atom. The minimum Gasteiger partial charge on any atom is -0.395 e. The van der Waals surface area contributed by atoms with E-state index in [4.69, 9.17) is 5.11 Å². The predicted octanol–water partition coefficient (Wildman–Crippen LogP) is 1.78. The Balaban J connectivity index is 1.96. The predicted molar refractivity (Wildman–Crippen MR) is 85.0 cm³/mol. The van der Waals surface area contributed by atoms with Crippen molar-refractivity contribution in [1.29, 1.82) is 0 Å². The number of anilines is 1. The Hall–Kier alpha value is -2.08. The van der Waals surface area contributed by atoms with Crippen molar-refractivity contribution in [2.45, 2.75) is 38.6 Å². The molecule has 0 radical (unpaired) electrons. The lowest BCUT2D eigenvalue weighted by Gasteiger charge is -2.14. The smallest absolute Gasteiger partial charge is 0.319 e. The summed E-state index contributed by atoms with van der Waals surface area (Å²) in [5.74, 6) is -0.0636. The van der Waals surface area contributed by atoms with Crippen molar-refractivity contribution in [3.05, 3.63) is 29.3 Å². The first-order chi connectivity index (χ1) is 10.6. The fourth-order valence-electron chi connectivity index (χ4n) is 2.62. The van der Waals surface area contributed by atoms with E-state index in [0.717, 1.165) is 18.4 Å². The van der Waals surface area contributed by atoms with Crippen molar-refractivity contribution >= 4 is 17.6 Å². The molecule has 0 unspecified atom stereocenters. The van der Waals surface area contributed by atoms with Crippen LogP contribution >= 0.6 is 0 Å². The van der Waals surface area contributed by atoms with Crippen LogP contribution in [0.15, 0.2) is 18.2 Å². The average molecular weight is 305 g/mol. The summed E-state index contributed by atoms with van der Waals surface area (Å²) in [7, 11) is 0. The van der Waals surface area contributed by atoms with Gasteiger partial charge in [0, 0.05) is 23.8 Å². The van der Waals surface area contributed by atoms with Gasteiger partial charge in [0.2, 0.25) is 0 Å². The fraction of sp³-hybridized carbons (Fsp3) is 0.500. The maximum atomic E-state index is 12.2. The van der Waals surface area contributed by atoms with Crippen molar-refractivity contribution < 1.29 is 14.7 Å². The third-order valence-corrected chi connectivity index (χ3v) is 3.82. The SMILES string of the molecule is Cc1cc(C(=O)NC2CCCC2)ccc1NC(=O)NCCO. The molecule has 1 aromatic rings. The molecule has 0 aromatic heterocycles. The van der Waals surface area contributed by atoms with Gasteiger partial charge in [0.15, 0.2) is 0 Å². The third-order valence-electron chi connectivity index (χ3n) is 3.82. The van der Waals surface area contributed by atoms with E-state index < -0.39 is 0 Å². The summed E-state index contributed by atoms with van der Waals surface area (Å²) in [6.45, 7) is 1.94. The molecule has 4 N–H and O–H groups in total. The first kappa shape index (κ1) is 16.3. The van der Waals surface area contributed by atoms with Crippen LogP contribution in [0.3, 0.4) is 0 Å². The Kier molecular flexibility index (Phi) is 5.77. The molecular formula is C16H23N3O3. The topological polar surface area (TPSA) is 90.5 Å². The number of nitrogens with one attached hydrogen (secondary N) is 3. The van der Waals surface area contributed by atoms with Crippen LogP contribution in [0.4, 0.5) is 10.5 Å². The molecular weight excluding hydrogens is 282 g/mol. The lowest BCUT2D eigenvalue weighted by atomic mass is 10.1. The number of urea groups is 1. The minimum absolute atomic E-state index is 0.0636. The highest BCUT2D eigenvalue weighted by atomic mass is 16.3. The number of rotatable bonds is 5. The standard InChI is InChI=1S/C16H23N3O3/c1-11-10-12(15(21)18-13-4-2-3-5-13)6-7-14(11)19-16(22)17-8-9-20/h6-7,10,13,20H,2-5,8-9H2,1H3,(H,18,21)(H2,17,19,22). The van der Waals surface area contributed by atoms with E-state index >= 15 is 0 Å². The Morgan fingerprint density at radius 1 is 1.27 bits per heavy atom. The van der Waals surface area contributed by atoms with Crippen LogP contribution < -0.4 is 16.0 Å². The summed E-state index contributed by atoms with van der Waals surface area (Å²) in [6, 6.07) is 5.11. The second-order valence-electron chi connectivity index (χ2n) is 5.59. The quantitative estimate of drug-likeness (QED) is 0.668. The van der Waals surface area contributed by atoms with Gasteiger partial charge in [-0.3, -0.25) is 4.79 Å². The van der Waals surface area contributed by atoms with Crippen LogP contribution in [0, 0.1) is 6.92 Å². The highest BCUT2D eigenvalue weighted by molar-refractivity contribution is 5.96. The first-order valence-electron chi connectivity index (χ1n) is 7.67. The highest BCUT2D eigenvalue weighted by Crippen LogP contribution is 2.20. The molecule has 1 fully saturated rings. The van der Waals surface area contributed by atoms with E-state index in [1.165, 1.54) is 12.8 Å². The van der Waals surface area contributed by atoms with Crippen molar-refractivity contribution in [3.8, 4) is 0 Å². The lowest BCUT2D eigenvalue weighted by Crippen LogP contribution is -2.33. The van der Waals surface area contributed by atoms with E-state index in [0.29, 0.717) is 11.3 Å². The Labute approximate surface area is 130 Å².